The van der Waals surface area contributed by atoms with Crippen molar-refractivity contribution in [2.45, 2.75) is 38.4 Å². The molecule has 0 radical (unpaired) electrons. The van der Waals surface area contributed by atoms with Crippen LogP contribution in [-0.2, 0) is 6.18 Å². The van der Waals surface area contributed by atoms with Crippen molar-refractivity contribution in [2.24, 2.45) is 4.99 Å². The number of nitrogens with zero attached hydrogens (tertiary/aromatic N) is 4. The molecule has 4 rings (SSSR count). The zero-order chi connectivity index (χ0) is 20.3. The lowest BCUT2D eigenvalue weighted by atomic mass is 9.75. The lowest BCUT2D eigenvalue weighted by Gasteiger charge is -2.36. The number of hydrogen-bond donors (Lipinski definition) is 0. The van der Waals surface area contributed by atoms with E-state index in [9.17, 15) is 17.6 Å². The normalized spacial score (nSPS) is 18.7. The molecule has 0 amide bonds. The summed E-state index contributed by atoms with van der Waals surface area (Å²) in [6, 6.07) is 8.29. The predicted octanol–water partition coefficient (Wildman–Crippen LogP) is 4.92. The molecule has 0 spiro atoms. The van der Waals surface area contributed by atoms with Crippen molar-refractivity contribution in [1.82, 2.24) is 15.2 Å². The molecule has 1 aromatic heterocycles. The van der Waals surface area contributed by atoms with Gasteiger partial charge in [-0.3, -0.25) is 4.99 Å². The van der Waals surface area contributed by atoms with Crippen LogP contribution in [0.3, 0.4) is 0 Å². The van der Waals surface area contributed by atoms with E-state index in [0.29, 0.717) is 5.56 Å². The van der Waals surface area contributed by atoms with Crippen LogP contribution in [0.25, 0.3) is 11.0 Å². The monoisotopic (exact) mass is 388 g/mol. The summed E-state index contributed by atoms with van der Waals surface area (Å²) in [6.07, 6.45) is -4.50. The Morgan fingerprint density at radius 3 is 2.43 bits per heavy atom. The van der Waals surface area contributed by atoms with E-state index in [1.807, 2.05) is 0 Å². The molecule has 1 aliphatic heterocycles. The van der Waals surface area contributed by atoms with Crippen molar-refractivity contribution in [3.8, 4) is 0 Å². The standard InChI is InChI=1S/C20H16F4N4/c1-10-15-11(6-4-7-12(15)20(22,23)24)16(26-19(10,2)3)18-25-14-9-5-8-13(21)17(14)27-28-18/h4-10H,1-3H3. The molecule has 144 valence electrons. The highest BCUT2D eigenvalue weighted by Gasteiger charge is 2.42. The molecule has 1 atom stereocenters. The molecule has 8 heteroatoms. The summed E-state index contributed by atoms with van der Waals surface area (Å²) in [5.41, 5.74) is -0.547. The van der Waals surface area contributed by atoms with Gasteiger partial charge < -0.3 is 0 Å². The molecule has 1 aliphatic rings. The van der Waals surface area contributed by atoms with Crippen LogP contribution in [-0.4, -0.2) is 26.4 Å². The molecule has 0 saturated heterocycles. The average Bonchev–Trinajstić information content (AvgIpc) is 2.63. The van der Waals surface area contributed by atoms with E-state index in [0.717, 1.165) is 6.07 Å². The number of benzene rings is 2. The van der Waals surface area contributed by atoms with Crippen LogP contribution in [0.15, 0.2) is 41.4 Å². The van der Waals surface area contributed by atoms with Gasteiger partial charge in [0.1, 0.15) is 11.2 Å². The van der Waals surface area contributed by atoms with Crippen molar-refractivity contribution in [1.29, 1.82) is 0 Å². The molecule has 0 aliphatic carbocycles. The minimum absolute atomic E-state index is 0.000414. The zero-order valence-electron chi connectivity index (χ0n) is 15.3. The third kappa shape index (κ3) is 2.83. The Morgan fingerprint density at radius 2 is 1.71 bits per heavy atom. The van der Waals surface area contributed by atoms with Crippen molar-refractivity contribution in [2.75, 3.05) is 0 Å². The molecule has 0 saturated carbocycles. The fraction of sp³-hybridized carbons (Fsp3) is 0.300. The maximum Gasteiger partial charge on any atom is 0.416 e. The second kappa shape index (κ2) is 6.05. The molecule has 28 heavy (non-hydrogen) atoms. The third-order valence-corrected chi connectivity index (χ3v) is 5.21. The smallest absolute Gasteiger partial charge is 0.274 e. The van der Waals surface area contributed by atoms with Crippen LogP contribution in [0.2, 0.25) is 0 Å². The first-order valence-electron chi connectivity index (χ1n) is 8.69. The van der Waals surface area contributed by atoms with Crippen molar-refractivity contribution in [3.63, 3.8) is 0 Å². The Hall–Kier alpha value is -2.90. The van der Waals surface area contributed by atoms with Crippen LogP contribution in [0.5, 0.6) is 0 Å². The topological polar surface area (TPSA) is 51.0 Å². The fourth-order valence-corrected chi connectivity index (χ4v) is 3.48. The van der Waals surface area contributed by atoms with E-state index in [1.165, 1.54) is 18.2 Å². The van der Waals surface area contributed by atoms with E-state index < -0.39 is 29.0 Å². The van der Waals surface area contributed by atoms with E-state index >= 15 is 0 Å². The van der Waals surface area contributed by atoms with Crippen LogP contribution in [0, 0.1) is 5.82 Å². The highest BCUT2D eigenvalue weighted by molar-refractivity contribution is 6.13. The third-order valence-electron chi connectivity index (χ3n) is 5.21. The van der Waals surface area contributed by atoms with Crippen LogP contribution in [0.1, 0.15) is 49.2 Å². The Balaban J connectivity index is 1.99. The largest absolute Gasteiger partial charge is 0.416 e. The van der Waals surface area contributed by atoms with Gasteiger partial charge in [0.2, 0.25) is 5.82 Å². The first-order chi connectivity index (χ1) is 13.1. The highest BCUT2D eigenvalue weighted by atomic mass is 19.4. The van der Waals surface area contributed by atoms with Crippen molar-refractivity contribution >= 4 is 16.7 Å². The molecule has 2 heterocycles. The number of fused-ring (bicyclic) bond motifs is 2. The average molecular weight is 388 g/mol. The van der Waals surface area contributed by atoms with Crippen LogP contribution >= 0.6 is 0 Å². The quantitative estimate of drug-likeness (QED) is 0.556. The molecule has 3 aromatic rings. The van der Waals surface area contributed by atoms with Crippen molar-refractivity contribution in [3.05, 3.63) is 64.7 Å². The summed E-state index contributed by atoms with van der Waals surface area (Å²) in [6.45, 7) is 5.26. The number of alkyl halides is 3. The molecule has 0 bridgehead atoms. The van der Waals surface area contributed by atoms with Gasteiger partial charge in [-0.1, -0.05) is 25.1 Å². The summed E-state index contributed by atoms with van der Waals surface area (Å²) in [4.78, 5) is 8.97. The van der Waals surface area contributed by atoms with E-state index in [1.54, 1.807) is 32.9 Å². The summed E-state index contributed by atoms with van der Waals surface area (Å²) in [5.74, 6) is -0.975. The Morgan fingerprint density at radius 1 is 1.00 bits per heavy atom. The number of hydrogen-bond acceptors (Lipinski definition) is 4. The number of aliphatic imine (C=N–C) groups is 1. The highest BCUT2D eigenvalue weighted by Crippen LogP contribution is 2.44. The van der Waals surface area contributed by atoms with Gasteiger partial charge in [-0.25, -0.2) is 9.37 Å². The lowest BCUT2D eigenvalue weighted by molar-refractivity contribution is -0.138. The second-order valence-electron chi connectivity index (χ2n) is 7.34. The zero-order valence-corrected chi connectivity index (χ0v) is 15.3. The molecule has 0 N–H and O–H groups in total. The SMILES string of the molecule is CC1c2c(cccc2C(F)(F)F)C(c2nnc3c(F)cccc3n2)=NC1(C)C. The molecule has 1 unspecified atom stereocenters. The van der Waals surface area contributed by atoms with E-state index in [4.69, 9.17) is 0 Å². The van der Waals surface area contributed by atoms with Crippen LogP contribution < -0.4 is 0 Å². The minimum Gasteiger partial charge on any atom is -0.274 e. The minimum atomic E-state index is -4.50. The number of rotatable bonds is 1. The van der Waals surface area contributed by atoms with Gasteiger partial charge in [0.25, 0.3) is 0 Å². The van der Waals surface area contributed by atoms with Crippen LogP contribution in [0.4, 0.5) is 17.6 Å². The van der Waals surface area contributed by atoms with Gasteiger partial charge in [0, 0.05) is 11.5 Å². The summed E-state index contributed by atoms with van der Waals surface area (Å²) in [5, 5.41) is 7.84. The molecular weight excluding hydrogens is 372 g/mol. The first-order valence-corrected chi connectivity index (χ1v) is 8.69. The second-order valence-corrected chi connectivity index (χ2v) is 7.34. The lowest BCUT2D eigenvalue weighted by Crippen LogP contribution is -2.35. The maximum absolute atomic E-state index is 13.9. The van der Waals surface area contributed by atoms with E-state index in [-0.39, 0.29) is 28.1 Å². The molecule has 4 nitrogen and oxygen atoms in total. The van der Waals surface area contributed by atoms with Gasteiger partial charge in [0.05, 0.1) is 16.6 Å². The summed E-state index contributed by atoms with van der Waals surface area (Å²) in [7, 11) is 0. The number of aromatic nitrogens is 3. The number of halogens is 4. The van der Waals surface area contributed by atoms with E-state index in [2.05, 4.69) is 20.2 Å². The predicted molar refractivity (Wildman–Crippen MR) is 96.9 cm³/mol. The molecule has 2 aromatic carbocycles. The first kappa shape index (κ1) is 18.5. The van der Waals surface area contributed by atoms with Gasteiger partial charge in [0.15, 0.2) is 5.82 Å². The van der Waals surface area contributed by atoms with Gasteiger partial charge in [-0.2, -0.15) is 13.2 Å². The van der Waals surface area contributed by atoms with Gasteiger partial charge in [-0.05, 0) is 37.6 Å². The Kier molecular flexibility index (Phi) is 3.99. The van der Waals surface area contributed by atoms with Gasteiger partial charge in [-0.15, -0.1) is 10.2 Å². The molecule has 0 fully saturated rings. The maximum atomic E-state index is 13.9. The van der Waals surface area contributed by atoms with Crippen molar-refractivity contribution < 1.29 is 17.6 Å². The Labute approximate surface area is 158 Å². The Bertz CT molecular complexity index is 1120. The summed E-state index contributed by atoms with van der Waals surface area (Å²) < 4.78 is 54.8. The molecular formula is C20H16F4N4. The fourth-order valence-electron chi connectivity index (χ4n) is 3.48. The summed E-state index contributed by atoms with van der Waals surface area (Å²) >= 11 is 0. The van der Waals surface area contributed by atoms with Gasteiger partial charge >= 0.3 is 6.18 Å².